The van der Waals surface area contributed by atoms with E-state index in [-0.39, 0.29) is 23.2 Å². The Labute approximate surface area is 103 Å². The monoisotopic (exact) mass is 232 g/mol. The predicted molar refractivity (Wildman–Crippen MR) is 66.8 cm³/mol. The van der Waals surface area contributed by atoms with Gasteiger partial charge in [-0.05, 0) is 31.7 Å². The number of aliphatic hydroxyl groups is 1. The van der Waals surface area contributed by atoms with E-state index in [0.717, 1.165) is 19.3 Å². The van der Waals surface area contributed by atoms with Crippen LogP contribution in [0.4, 0.5) is 0 Å². The van der Waals surface area contributed by atoms with Crippen LogP contribution in [0.1, 0.15) is 32.3 Å². The minimum absolute atomic E-state index is 0.176. The fraction of sp³-hybridized carbons (Fsp3) is 0.600. The molecule has 92 valence electrons. The Balaban J connectivity index is 1.80. The average Bonchev–Trinajstić information content (AvgIpc) is 3.02. The van der Waals surface area contributed by atoms with Crippen molar-refractivity contribution in [2.75, 3.05) is 0 Å². The molecule has 1 saturated carbocycles. The van der Waals surface area contributed by atoms with Gasteiger partial charge in [0.2, 0.25) is 0 Å². The van der Waals surface area contributed by atoms with E-state index in [2.05, 4.69) is 31.2 Å². The SMILES string of the molecule is CC1(Cc2ccccc2)CC[C@@H](O)[C@@]2(C)O[C@@H]12. The number of epoxide rings is 1. The first-order valence-electron chi connectivity index (χ1n) is 6.44. The zero-order chi connectivity index (χ0) is 12.1. The second-order valence-electron chi connectivity index (χ2n) is 6.05. The molecule has 17 heavy (non-hydrogen) atoms. The Hall–Kier alpha value is -0.860. The third kappa shape index (κ3) is 1.71. The first-order chi connectivity index (χ1) is 8.05. The van der Waals surface area contributed by atoms with Gasteiger partial charge in [0.15, 0.2) is 0 Å². The average molecular weight is 232 g/mol. The minimum atomic E-state index is -0.281. The molecule has 1 aliphatic heterocycles. The topological polar surface area (TPSA) is 32.8 Å². The number of hydrogen-bond donors (Lipinski definition) is 1. The van der Waals surface area contributed by atoms with Gasteiger partial charge in [-0.3, -0.25) is 0 Å². The Kier molecular flexibility index (Phi) is 2.36. The van der Waals surface area contributed by atoms with E-state index in [9.17, 15) is 5.11 Å². The molecule has 1 aromatic carbocycles. The summed E-state index contributed by atoms with van der Waals surface area (Å²) in [4.78, 5) is 0. The van der Waals surface area contributed by atoms with Crippen molar-refractivity contribution in [2.24, 2.45) is 5.41 Å². The standard InChI is InChI=1S/C15H20O2/c1-14(10-11-6-4-3-5-7-11)9-8-12(16)15(2)13(14)17-15/h3-7,12-13,16H,8-10H2,1-2H3/t12-,13+,14?,15-/m1/s1. The molecule has 1 N–H and O–H groups in total. The van der Waals surface area contributed by atoms with Gasteiger partial charge < -0.3 is 9.84 Å². The van der Waals surface area contributed by atoms with Crippen LogP contribution in [0.2, 0.25) is 0 Å². The van der Waals surface area contributed by atoms with Crippen LogP contribution in [-0.4, -0.2) is 22.9 Å². The zero-order valence-corrected chi connectivity index (χ0v) is 10.5. The van der Waals surface area contributed by atoms with Crippen LogP contribution in [0, 0.1) is 5.41 Å². The van der Waals surface area contributed by atoms with E-state index in [4.69, 9.17) is 4.74 Å². The van der Waals surface area contributed by atoms with Crippen molar-refractivity contribution in [3.05, 3.63) is 35.9 Å². The van der Waals surface area contributed by atoms with Crippen LogP contribution >= 0.6 is 0 Å². The molecule has 4 atom stereocenters. The summed E-state index contributed by atoms with van der Waals surface area (Å²) in [6.45, 7) is 4.34. The molecule has 2 aliphatic rings. The van der Waals surface area contributed by atoms with Gasteiger partial charge >= 0.3 is 0 Å². The third-order valence-electron chi connectivity index (χ3n) is 4.57. The highest BCUT2D eigenvalue weighted by Gasteiger charge is 2.67. The van der Waals surface area contributed by atoms with Crippen molar-refractivity contribution in [1.29, 1.82) is 0 Å². The van der Waals surface area contributed by atoms with Gasteiger partial charge in [0.05, 0.1) is 12.2 Å². The maximum Gasteiger partial charge on any atom is 0.118 e. The minimum Gasteiger partial charge on any atom is -0.390 e. The van der Waals surface area contributed by atoms with Gasteiger partial charge in [0, 0.05) is 5.41 Å². The Morgan fingerprint density at radius 1 is 1.29 bits per heavy atom. The molecule has 0 bridgehead atoms. The van der Waals surface area contributed by atoms with E-state index in [1.165, 1.54) is 5.56 Å². The van der Waals surface area contributed by atoms with Gasteiger partial charge in [0.25, 0.3) is 0 Å². The molecular formula is C15H20O2. The van der Waals surface area contributed by atoms with Crippen molar-refractivity contribution in [2.45, 2.75) is 50.9 Å². The normalized spacial score (nSPS) is 44.2. The summed E-state index contributed by atoms with van der Waals surface area (Å²) in [5.41, 5.74) is 1.26. The molecular weight excluding hydrogens is 212 g/mol. The van der Waals surface area contributed by atoms with Gasteiger partial charge in [-0.15, -0.1) is 0 Å². The second kappa shape index (κ2) is 3.56. The van der Waals surface area contributed by atoms with E-state index < -0.39 is 0 Å². The highest BCUT2D eigenvalue weighted by Crippen LogP contribution is 2.57. The molecule has 1 heterocycles. The number of benzene rings is 1. The fourth-order valence-corrected chi connectivity index (χ4v) is 3.43. The molecule has 3 rings (SSSR count). The Morgan fingerprint density at radius 2 is 2.00 bits per heavy atom. The molecule has 0 spiro atoms. The molecule has 1 aromatic rings. The molecule has 0 amide bonds. The Bertz CT molecular complexity index is 416. The highest BCUT2D eigenvalue weighted by atomic mass is 16.6. The number of aliphatic hydroxyl groups excluding tert-OH is 1. The smallest absolute Gasteiger partial charge is 0.118 e. The van der Waals surface area contributed by atoms with Crippen LogP contribution < -0.4 is 0 Å². The second-order valence-corrected chi connectivity index (χ2v) is 6.05. The van der Waals surface area contributed by atoms with Crippen molar-refractivity contribution in [3.63, 3.8) is 0 Å². The summed E-state index contributed by atoms with van der Waals surface area (Å²) in [6.07, 6.45) is 2.89. The maximum atomic E-state index is 9.95. The van der Waals surface area contributed by atoms with Crippen molar-refractivity contribution < 1.29 is 9.84 Å². The lowest BCUT2D eigenvalue weighted by Gasteiger charge is -2.35. The van der Waals surface area contributed by atoms with E-state index in [1.807, 2.05) is 13.0 Å². The molecule has 2 nitrogen and oxygen atoms in total. The molecule has 0 radical (unpaired) electrons. The quantitative estimate of drug-likeness (QED) is 0.795. The molecule has 1 unspecified atom stereocenters. The van der Waals surface area contributed by atoms with Crippen LogP contribution in [0.5, 0.6) is 0 Å². The largest absolute Gasteiger partial charge is 0.390 e. The van der Waals surface area contributed by atoms with Crippen LogP contribution in [0.3, 0.4) is 0 Å². The molecule has 1 aliphatic carbocycles. The summed E-state index contributed by atoms with van der Waals surface area (Å²) < 4.78 is 5.82. The number of hydrogen-bond acceptors (Lipinski definition) is 2. The molecule has 1 saturated heterocycles. The molecule has 0 aromatic heterocycles. The van der Waals surface area contributed by atoms with Gasteiger partial charge in [-0.1, -0.05) is 37.3 Å². The lowest BCUT2D eigenvalue weighted by molar-refractivity contribution is 0.0567. The van der Waals surface area contributed by atoms with E-state index >= 15 is 0 Å². The lowest BCUT2D eigenvalue weighted by Crippen LogP contribution is -2.43. The predicted octanol–water partition coefficient (Wildman–Crippen LogP) is 2.55. The van der Waals surface area contributed by atoms with Crippen molar-refractivity contribution >= 4 is 0 Å². The first kappa shape index (κ1) is 11.2. The van der Waals surface area contributed by atoms with Crippen molar-refractivity contribution in [1.82, 2.24) is 0 Å². The van der Waals surface area contributed by atoms with Crippen LogP contribution in [-0.2, 0) is 11.2 Å². The molecule has 2 fully saturated rings. The zero-order valence-electron chi connectivity index (χ0n) is 10.5. The highest BCUT2D eigenvalue weighted by molar-refractivity contribution is 5.22. The number of fused-ring (bicyclic) bond motifs is 1. The summed E-state index contributed by atoms with van der Waals surface area (Å²) in [7, 11) is 0. The summed E-state index contributed by atoms with van der Waals surface area (Å²) >= 11 is 0. The number of rotatable bonds is 2. The van der Waals surface area contributed by atoms with E-state index in [0.29, 0.717) is 0 Å². The molecule has 2 heteroatoms. The van der Waals surface area contributed by atoms with Gasteiger partial charge in [-0.25, -0.2) is 0 Å². The summed E-state index contributed by atoms with van der Waals surface area (Å²) in [5, 5.41) is 9.95. The first-order valence-corrected chi connectivity index (χ1v) is 6.44. The van der Waals surface area contributed by atoms with Crippen LogP contribution in [0.15, 0.2) is 30.3 Å². The number of ether oxygens (including phenoxy) is 1. The fourth-order valence-electron chi connectivity index (χ4n) is 3.43. The van der Waals surface area contributed by atoms with Crippen molar-refractivity contribution in [3.8, 4) is 0 Å². The van der Waals surface area contributed by atoms with Gasteiger partial charge in [0.1, 0.15) is 5.60 Å². The summed E-state index contributed by atoms with van der Waals surface area (Å²) in [6, 6.07) is 10.6. The third-order valence-corrected chi connectivity index (χ3v) is 4.57. The maximum absolute atomic E-state index is 9.95. The van der Waals surface area contributed by atoms with Gasteiger partial charge in [-0.2, -0.15) is 0 Å². The lowest BCUT2D eigenvalue weighted by atomic mass is 9.67. The Morgan fingerprint density at radius 3 is 2.71 bits per heavy atom. The summed E-state index contributed by atoms with van der Waals surface area (Å²) in [5.74, 6) is 0. The van der Waals surface area contributed by atoms with E-state index in [1.54, 1.807) is 0 Å². The van der Waals surface area contributed by atoms with Crippen LogP contribution in [0.25, 0.3) is 0 Å².